The Labute approximate surface area is 168 Å². The number of aromatic nitrogens is 3. The second kappa shape index (κ2) is 8.79. The van der Waals surface area contributed by atoms with Crippen LogP contribution >= 0.6 is 11.5 Å². The number of amides is 1. The summed E-state index contributed by atoms with van der Waals surface area (Å²) >= 11 is 1.32. The number of hydrogen-bond donors (Lipinski definition) is 1. The smallest absolute Gasteiger partial charge is 0.224 e. The van der Waals surface area contributed by atoms with Crippen molar-refractivity contribution in [1.82, 2.24) is 19.2 Å². The molecule has 1 N–H and O–H groups in total. The van der Waals surface area contributed by atoms with Crippen molar-refractivity contribution in [2.45, 2.75) is 6.42 Å². The van der Waals surface area contributed by atoms with E-state index >= 15 is 0 Å². The number of rotatable bonds is 6. The predicted molar refractivity (Wildman–Crippen MR) is 111 cm³/mol. The fraction of sp³-hybridized carbons (Fsp3) is 0.300. The Morgan fingerprint density at radius 3 is 2.57 bits per heavy atom. The average Bonchev–Trinajstić information content (AvgIpc) is 3.24. The van der Waals surface area contributed by atoms with E-state index in [0.717, 1.165) is 42.7 Å². The predicted octanol–water partition coefficient (Wildman–Crippen LogP) is 2.75. The van der Waals surface area contributed by atoms with E-state index in [1.807, 2.05) is 53.4 Å². The lowest BCUT2D eigenvalue weighted by molar-refractivity contribution is -0.131. The van der Waals surface area contributed by atoms with Crippen molar-refractivity contribution in [3.05, 3.63) is 54.7 Å². The fourth-order valence-electron chi connectivity index (χ4n) is 3.16. The van der Waals surface area contributed by atoms with E-state index in [1.54, 1.807) is 6.20 Å². The molecule has 2 aromatic heterocycles. The summed E-state index contributed by atoms with van der Waals surface area (Å²) in [6.07, 6.45) is 2.25. The molecule has 1 amide bonds. The second-order valence-electron chi connectivity index (χ2n) is 6.52. The summed E-state index contributed by atoms with van der Waals surface area (Å²) in [4.78, 5) is 25.5. The third-order valence-electron chi connectivity index (χ3n) is 4.68. The van der Waals surface area contributed by atoms with Crippen LogP contribution in [-0.2, 0) is 4.79 Å². The first-order valence-electron chi connectivity index (χ1n) is 9.36. The maximum atomic E-state index is 12.5. The van der Waals surface area contributed by atoms with E-state index < -0.39 is 0 Å². The third-order valence-corrected chi connectivity index (χ3v) is 5.35. The quantitative estimate of drug-likeness (QED) is 0.693. The molecule has 3 aromatic rings. The maximum Gasteiger partial charge on any atom is 0.224 e. The van der Waals surface area contributed by atoms with Crippen LogP contribution in [0.15, 0.2) is 54.7 Å². The van der Waals surface area contributed by atoms with Crippen LogP contribution in [0.2, 0.25) is 0 Å². The molecule has 144 valence electrons. The van der Waals surface area contributed by atoms with Gasteiger partial charge in [-0.25, -0.2) is 4.98 Å². The highest BCUT2D eigenvalue weighted by atomic mass is 32.1. The zero-order valence-corrected chi connectivity index (χ0v) is 16.3. The zero-order valence-electron chi connectivity index (χ0n) is 15.5. The molecule has 1 aromatic carbocycles. The fourth-order valence-corrected chi connectivity index (χ4v) is 3.77. The summed E-state index contributed by atoms with van der Waals surface area (Å²) in [5.41, 5.74) is 0.994. The number of carbonyl (C=O) groups excluding carboxylic acids is 1. The second-order valence-corrected chi connectivity index (χ2v) is 7.27. The number of carbonyl (C=O) groups is 1. The van der Waals surface area contributed by atoms with Crippen molar-refractivity contribution < 1.29 is 4.79 Å². The molecule has 3 heterocycles. The number of nitrogens with zero attached hydrogens (tertiary/aromatic N) is 5. The SMILES string of the molecule is O=C(CCNc1nc(-c2ccccc2)ns1)N1CCN(c2ccccn2)CC1. The van der Waals surface area contributed by atoms with Gasteiger partial charge in [0.15, 0.2) is 5.82 Å². The zero-order chi connectivity index (χ0) is 19.2. The Hall–Kier alpha value is -3.00. The van der Waals surface area contributed by atoms with Crippen LogP contribution in [0.3, 0.4) is 0 Å². The number of hydrogen-bond acceptors (Lipinski definition) is 7. The summed E-state index contributed by atoms with van der Waals surface area (Å²) in [6, 6.07) is 15.8. The molecular formula is C20H22N6OS. The number of piperazine rings is 1. The van der Waals surface area contributed by atoms with Crippen molar-refractivity contribution in [3.8, 4) is 11.4 Å². The van der Waals surface area contributed by atoms with Gasteiger partial charge in [-0.1, -0.05) is 36.4 Å². The van der Waals surface area contributed by atoms with E-state index in [4.69, 9.17) is 0 Å². The summed E-state index contributed by atoms with van der Waals surface area (Å²) in [5, 5.41) is 3.96. The molecule has 0 aliphatic carbocycles. The van der Waals surface area contributed by atoms with Crippen molar-refractivity contribution in [2.75, 3.05) is 42.9 Å². The normalized spacial score (nSPS) is 14.1. The Morgan fingerprint density at radius 2 is 1.82 bits per heavy atom. The molecule has 0 saturated carbocycles. The number of anilines is 2. The van der Waals surface area contributed by atoms with Gasteiger partial charge in [0.25, 0.3) is 0 Å². The van der Waals surface area contributed by atoms with Gasteiger partial charge in [0, 0.05) is 62.4 Å². The molecule has 0 spiro atoms. The Kier molecular flexibility index (Phi) is 5.77. The van der Waals surface area contributed by atoms with Crippen molar-refractivity contribution in [1.29, 1.82) is 0 Å². The van der Waals surface area contributed by atoms with Crippen LogP contribution in [0, 0.1) is 0 Å². The molecule has 28 heavy (non-hydrogen) atoms. The van der Waals surface area contributed by atoms with Crippen LogP contribution in [0.1, 0.15) is 6.42 Å². The van der Waals surface area contributed by atoms with E-state index in [1.165, 1.54) is 11.5 Å². The number of nitrogens with one attached hydrogen (secondary N) is 1. The van der Waals surface area contributed by atoms with Gasteiger partial charge in [-0.2, -0.15) is 9.36 Å². The van der Waals surface area contributed by atoms with Gasteiger partial charge in [0.05, 0.1) is 0 Å². The molecule has 7 nitrogen and oxygen atoms in total. The number of benzene rings is 1. The molecular weight excluding hydrogens is 372 g/mol. The lowest BCUT2D eigenvalue weighted by Gasteiger charge is -2.35. The topological polar surface area (TPSA) is 74.2 Å². The minimum Gasteiger partial charge on any atom is -0.360 e. The Balaban J connectivity index is 1.22. The average molecular weight is 395 g/mol. The van der Waals surface area contributed by atoms with Gasteiger partial charge in [0.1, 0.15) is 5.82 Å². The molecule has 1 saturated heterocycles. The standard InChI is InChI=1S/C20H22N6OS/c27-18(26-14-12-25(13-15-26)17-8-4-5-10-21-17)9-11-22-20-23-19(24-28-20)16-6-2-1-3-7-16/h1-8,10H,9,11-15H2,(H,22,23,24). The summed E-state index contributed by atoms with van der Waals surface area (Å²) in [7, 11) is 0. The van der Waals surface area contributed by atoms with Crippen LogP contribution in [0.5, 0.6) is 0 Å². The maximum absolute atomic E-state index is 12.5. The first kappa shape index (κ1) is 18.4. The summed E-state index contributed by atoms with van der Waals surface area (Å²) < 4.78 is 4.37. The molecule has 8 heteroatoms. The highest BCUT2D eigenvalue weighted by molar-refractivity contribution is 7.09. The molecule has 0 atom stereocenters. The van der Waals surface area contributed by atoms with E-state index in [-0.39, 0.29) is 5.91 Å². The van der Waals surface area contributed by atoms with Gasteiger partial charge in [-0.3, -0.25) is 4.79 Å². The molecule has 0 unspecified atom stereocenters. The van der Waals surface area contributed by atoms with Crippen LogP contribution in [0.4, 0.5) is 10.9 Å². The molecule has 0 radical (unpaired) electrons. The van der Waals surface area contributed by atoms with Crippen molar-refractivity contribution in [2.24, 2.45) is 0 Å². The van der Waals surface area contributed by atoms with Gasteiger partial charge in [-0.05, 0) is 12.1 Å². The molecule has 1 aliphatic rings. The first-order valence-corrected chi connectivity index (χ1v) is 10.1. The molecule has 4 rings (SSSR count). The lowest BCUT2D eigenvalue weighted by atomic mass is 10.2. The van der Waals surface area contributed by atoms with E-state index in [9.17, 15) is 4.79 Å². The van der Waals surface area contributed by atoms with Crippen molar-refractivity contribution in [3.63, 3.8) is 0 Å². The van der Waals surface area contributed by atoms with Crippen LogP contribution in [-0.4, -0.2) is 57.9 Å². The lowest BCUT2D eigenvalue weighted by Crippen LogP contribution is -2.49. The summed E-state index contributed by atoms with van der Waals surface area (Å²) in [5.74, 6) is 1.85. The van der Waals surface area contributed by atoms with E-state index in [0.29, 0.717) is 18.8 Å². The van der Waals surface area contributed by atoms with E-state index in [2.05, 4.69) is 24.6 Å². The van der Waals surface area contributed by atoms with Gasteiger partial charge in [0.2, 0.25) is 11.0 Å². The molecule has 1 aliphatic heterocycles. The highest BCUT2D eigenvalue weighted by Gasteiger charge is 2.21. The minimum atomic E-state index is 0.168. The summed E-state index contributed by atoms with van der Waals surface area (Å²) in [6.45, 7) is 3.64. The van der Waals surface area contributed by atoms with Crippen LogP contribution < -0.4 is 10.2 Å². The Morgan fingerprint density at radius 1 is 1.04 bits per heavy atom. The number of pyridine rings is 1. The Bertz CT molecular complexity index is 893. The van der Waals surface area contributed by atoms with Gasteiger partial charge >= 0.3 is 0 Å². The van der Waals surface area contributed by atoms with Crippen molar-refractivity contribution >= 4 is 28.4 Å². The monoisotopic (exact) mass is 394 g/mol. The molecule has 0 bridgehead atoms. The van der Waals surface area contributed by atoms with Crippen LogP contribution in [0.25, 0.3) is 11.4 Å². The molecule has 1 fully saturated rings. The minimum absolute atomic E-state index is 0.168. The first-order chi connectivity index (χ1) is 13.8. The third kappa shape index (κ3) is 4.45. The largest absolute Gasteiger partial charge is 0.360 e. The highest BCUT2D eigenvalue weighted by Crippen LogP contribution is 2.20. The van der Waals surface area contributed by atoms with Gasteiger partial charge < -0.3 is 15.1 Å². The van der Waals surface area contributed by atoms with Gasteiger partial charge in [-0.15, -0.1) is 0 Å².